The van der Waals surface area contributed by atoms with Gasteiger partial charge in [-0.25, -0.2) is 0 Å². The van der Waals surface area contributed by atoms with Gasteiger partial charge in [0.2, 0.25) is 5.91 Å². The normalized spacial score (nSPS) is 23.2. The van der Waals surface area contributed by atoms with Crippen LogP contribution in [0.1, 0.15) is 45.4 Å². The van der Waals surface area contributed by atoms with Crippen molar-refractivity contribution in [3.8, 4) is 0 Å². The smallest absolute Gasteiger partial charge is 0.228 e. The molecular formula is C18H37Cl2N3O2. The van der Waals surface area contributed by atoms with Gasteiger partial charge in [-0.1, -0.05) is 6.92 Å². The van der Waals surface area contributed by atoms with E-state index in [0.29, 0.717) is 6.61 Å². The van der Waals surface area contributed by atoms with Crippen molar-refractivity contribution >= 4 is 30.7 Å². The van der Waals surface area contributed by atoms with Crippen LogP contribution in [0.2, 0.25) is 0 Å². The highest BCUT2D eigenvalue weighted by atomic mass is 35.5. The van der Waals surface area contributed by atoms with Crippen LogP contribution in [0.3, 0.4) is 0 Å². The second-order valence-electron chi connectivity index (χ2n) is 7.47. The minimum atomic E-state index is -0.317. The maximum Gasteiger partial charge on any atom is 0.228 e. The van der Waals surface area contributed by atoms with Crippen LogP contribution < -0.4 is 10.6 Å². The lowest BCUT2D eigenvalue weighted by atomic mass is 9.78. The number of piperidine rings is 2. The Morgan fingerprint density at radius 1 is 1.28 bits per heavy atom. The number of hydrogen-bond donors (Lipinski definition) is 2. The Balaban J connectivity index is 0.00000288. The largest absolute Gasteiger partial charge is 0.384 e. The van der Waals surface area contributed by atoms with Gasteiger partial charge in [0.1, 0.15) is 0 Å². The van der Waals surface area contributed by atoms with Crippen molar-refractivity contribution in [3.63, 3.8) is 0 Å². The lowest BCUT2D eigenvalue weighted by Crippen LogP contribution is -2.50. The number of nitrogens with zero attached hydrogens (tertiary/aromatic N) is 1. The highest BCUT2D eigenvalue weighted by Crippen LogP contribution is 2.29. The number of hydrogen-bond acceptors (Lipinski definition) is 4. The maximum atomic E-state index is 12.6. The van der Waals surface area contributed by atoms with E-state index in [1.54, 1.807) is 7.11 Å². The molecule has 2 aliphatic rings. The molecular weight excluding hydrogens is 361 g/mol. The van der Waals surface area contributed by atoms with Gasteiger partial charge in [-0.2, -0.15) is 0 Å². The quantitative estimate of drug-likeness (QED) is 0.617. The van der Waals surface area contributed by atoms with Crippen molar-refractivity contribution in [1.82, 2.24) is 15.5 Å². The third kappa shape index (κ3) is 8.00. The Labute approximate surface area is 165 Å². The second-order valence-corrected chi connectivity index (χ2v) is 7.47. The first-order valence-electron chi connectivity index (χ1n) is 9.36. The summed E-state index contributed by atoms with van der Waals surface area (Å²) in [5.41, 5.74) is -0.317. The Hall–Kier alpha value is -0.0700. The summed E-state index contributed by atoms with van der Waals surface area (Å²) in [6.45, 7) is 9.16. The van der Waals surface area contributed by atoms with Crippen LogP contribution in [-0.4, -0.2) is 63.8 Å². The second kappa shape index (κ2) is 13.2. The molecule has 2 N–H and O–H groups in total. The minimum absolute atomic E-state index is 0. The van der Waals surface area contributed by atoms with Gasteiger partial charge in [-0.05, 0) is 70.6 Å². The Kier molecular flexibility index (Phi) is 13.1. The standard InChI is InChI=1S/C18H35N3O2.2ClH/c1-16-6-5-13-21(14-16)12-4-3-9-20-17(22)18(15-23-2)7-10-19-11-8-18;;/h16,19H,3-15H2,1-2H3,(H,20,22);2*1H. The lowest BCUT2D eigenvalue weighted by molar-refractivity contribution is -0.136. The summed E-state index contributed by atoms with van der Waals surface area (Å²) in [4.78, 5) is 15.2. The van der Waals surface area contributed by atoms with Crippen LogP contribution in [0, 0.1) is 11.3 Å². The molecule has 2 rings (SSSR count). The van der Waals surface area contributed by atoms with Crippen LogP contribution in [0.5, 0.6) is 0 Å². The molecule has 0 aromatic carbocycles. The zero-order chi connectivity index (χ0) is 16.5. The molecule has 0 aromatic heterocycles. The fourth-order valence-corrected chi connectivity index (χ4v) is 3.96. The highest BCUT2D eigenvalue weighted by Gasteiger charge is 2.39. The van der Waals surface area contributed by atoms with E-state index in [9.17, 15) is 4.79 Å². The zero-order valence-corrected chi connectivity index (χ0v) is 17.5. The third-order valence-corrected chi connectivity index (χ3v) is 5.39. The average Bonchev–Trinajstić information content (AvgIpc) is 2.55. The van der Waals surface area contributed by atoms with Crippen molar-refractivity contribution in [2.75, 3.05) is 53.0 Å². The fraction of sp³-hybridized carbons (Fsp3) is 0.944. The summed E-state index contributed by atoms with van der Waals surface area (Å²) in [5, 5.41) is 6.49. The van der Waals surface area contributed by atoms with E-state index in [2.05, 4.69) is 22.5 Å². The van der Waals surface area contributed by atoms with E-state index in [1.165, 1.54) is 38.9 Å². The van der Waals surface area contributed by atoms with Crippen molar-refractivity contribution in [2.45, 2.75) is 45.4 Å². The minimum Gasteiger partial charge on any atom is -0.384 e. The van der Waals surface area contributed by atoms with Crippen molar-refractivity contribution in [2.24, 2.45) is 11.3 Å². The fourth-order valence-electron chi connectivity index (χ4n) is 3.96. The summed E-state index contributed by atoms with van der Waals surface area (Å²) < 4.78 is 5.33. The Bertz CT molecular complexity index is 361. The molecule has 1 atom stereocenters. The molecule has 2 heterocycles. The summed E-state index contributed by atoms with van der Waals surface area (Å²) in [5.74, 6) is 1.03. The molecule has 2 aliphatic heterocycles. The summed E-state index contributed by atoms with van der Waals surface area (Å²) in [6, 6.07) is 0. The van der Waals surface area contributed by atoms with Gasteiger partial charge >= 0.3 is 0 Å². The molecule has 150 valence electrons. The van der Waals surface area contributed by atoms with E-state index in [1.807, 2.05) is 0 Å². The molecule has 25 heavy (non-hydrogen) atoms. The van der Waals surface area contributed by atoms with E-state index in [-0.39, 0.29) is 36.1 Å². The number of carbonyl (C=O) groups excluding carboxylic acids is 1. The SMILES string of the molecule is COCC1(C(=O)NCCCCN2CCCC(C)C2)CCNCC1.Cl.Cl. The molecule has 1 amide bonds. The van der Waals surface area contributed by atoms with E-state index in [0.717, 1.165) is 44.8 Å². The molecule has 0 spiro atoms. The number of methoxy groups -OCH3 is 1. The number of rotatable bonds is 8. The molecule has 2 saturated heterocycles. The average molecular weight is 398 g/mol. The summed E-state index contributed by atoms with van der Waals surface area (Å²) >= 11 is 0. The van der Waals surface area contributed by atoms with Gasteiger partial charge in [-0.3, -0.25) is 4.79 Å². The summed E-state index contributed by atoms with van der Waals surface area (Å²) in [7, 11) is 1.69. The van der Waals surface area contributed by atoms with Crippen molar-refractivity contribution < 1.29 is 9.53 Å². The first-order valence-corrected chi connectivity index (χ1v) is 9.36. The lowest BCUT2D eigenvalue weighted by Gasteiger charge is -2.35. The van der Waals surface area contributed by atoms with E-state index < -0.39 is 0 Å². The van der Waals surface area contributed by atoms with Crippen molar-refractivity contribution in [1.29, 1.82) is 0 Å². The van der Waals surface area contributed by atoms with Gasteiger partial charge in [0, 0.05) is 20.2 Å². The van der Waals surface area contributed by atoms with Gasteiger partial charge < -0.3 is 20.3 Å². The number of amides is 1. The van der Waals surface area contributed by atoms with Crippen LogP contribution in [0.25, 0.3) is 0 Å². The number of carbonyl (C=O) groups is 1. The first kappa shape index (κ1) is 24.9. The van der Waals surface area contributed by atoms with Crippen molar-refractivity contribution in [3.05, 3.63) is 0 Å². The Morgan fingerprint density at radius 2 is 2.00 bits per heavy atom. The van der Waals surface area contributed by atoms with Crippen LogP contribution in [-0.2, 0) is 9.53 Å². The topological polar surface area (TPSA) is 53.6 Å². The monoisotopic (exact) mass is 397 g/mol. The number of likely N-dealkylation sites (tertiary alicyclic amines) is 1. The first-order chi connectivity index (χ1) is 11.2. The molecule has 0 bridgehead atoms. The molecule has 7 heteroatoms. The van der Waals surface area contributed by atoms with Gasteiger partial charge in [-0.15, -0.1) is 24.8 Å². The Morgan fingerprint density at radius 3 is 2.64 bits per heavy atom. The number of ether oxygens (including phenoxy) is 1. The van der Waals surface area contributed by atoms with Crippen LogP contribution in [0.15, 0.2) is 0 Å². The molecule has 5 nitrogen and oxygen atoms in total. The zero-order valence-electron chi connectivity index (χ0n) is 15.8. The molecule has 0 aliphatic carbocycles. The van der Waals surface area contributed by atoms with Gasteiger partial charge in [0.25, 0.3) is 0 Å². The number of nitrogens with one attached hydrogen (secondary N) is 2. The molecule has 1 unspecified atom stereocenters. The van der Waals surface area contributed by atoms with Gasteiger partial charge in [0.15, 0.2) is 0 Å². The van der Waals surface area contributed by atoms with E-state index >= 15 is 0 Å². The molecule has 0 aromatic rings. The maximum absolute atomic E-state index is 12.6. The molecule has 0 radical (unpaired) electrons. The number of halogens is 2. The predicted octanol–water partition coefficient (Wildman–Crippen LogP) is 2.47. The highest BCUT2D eigenvalue weighted by molar-refractivity contribution is 5.85. The predicted molar refractivity (Wildman–Crippen MR) is 108 cm³/mol. The van der Waals surface area contributed by atoms with Crippen LogP contribution >= 0.6 is 24.8 Å². The van der Waals surface area contributed by atoms with E-state index in [4.69, 9.17) is 4.74 Å². The van der Waals surface area contributed by atoms with Gasteiger partial charge in [0.05, 0.1) is 12.0 Å². The molecule has 2 fully saturated rings. The number of unbranched alkanes of at least 4 members (excludes halogenated alkanes) is 1. The molecule has 0 saturated carbocycles. The third-order valence-electron chi connectivity index (χ3n) is 5.39. The summed E-state index contributed by atoms with van der Waals surface area (Å²) in [6.07, 6.45) is 6.70. The van der Waals surface area contributed by atoms with Crippen LogP contribution in [0.4, 0.5) is 0 Å².